The smallest absolute Gasteiger partial charge is 0.308 e. The molecule has 5 heteroatoms. The van der Waals surface area contributed by atoms with Crippen molar-refractivity contribution in [2.45, 2.75) is 13.2 Å². The molecule has 0 saturated carbocycles. The van der Waals surface area contributed by atoms with Gasteiger partial charge in [-0.3, -0.25) is 9.59 Å². The minimum atomic E-state index is -0.557. The van der Waals surface area contributed by atoms with Gasteiger partial charge in [0.1, 0.15) is 11.5 Å². The summed E-state index contributed by atoms with van der Waals surface area (Å²) >= 11 is 0. The Hall–Kier alpha value is -2.82. The molecule has 2 aromatic carbocycles. The Morgan fingerprint density at radius 2 is 1.86 bits per heavy atom. The Labute approximate surface area is 121 Å². The van der Waals surface area contributed by atoms with Crippen molar-refractivity contribution in [1.82, 2.24) is 5.32 Å². The van der Waals surface area contributed by atoms with Crippen LogP contribution in [0.3, 0.4) is 0 Å². The number of hydrogen-bond donors (Lipinski definition) is 1. The topological polar surface area (TPSA) is 64.6 Å². The van der Waals surface area contributed by atoms with Crippen LogP contribution in [0.25, 0.3) is 0 Å². The molecule has 0 bridgehead atoms. The lowest BCUT2D eigenvalue weighted by molar-refractivity contribution is -0.131. The number of nitrogens with one attached hydrogen (secondary N) is 1. The molecule has 1 amide bonds. The average Bonchev–Trinajstić information content (AvgIpc) is 2.47. The summed E-state index contributed by atoms with van der Waals surface area (Å²) in [5.41, 5.74) is 1.29. The molecule has 0 fully saturated rings. The fraction of sp³-hybridized carbons (Fsp3) is 0.125. The Kier molecular flexibility index (Phi) is 3.31. The van der Waals surface area contributed by atoms with E-state index in [2.05, 4.69) is 5.32 Å². The molecule has 0 aliphatic carbocycles. The molecule has 1 N–H and O–H groups in total. The molecule has 1 aliphatic rings. The lowest BCUT2D eigenvalue weighted by Gasteiger charge is -2.26. The van der Waals surface area contributed by atoms with Crippen molar-refractivity contribution < 1.29 is 19.1 Å². The maximum atomic E-state index is 12.0. The van der Waals surface area contributed by atoms with Crippen molar-refractivity contribution in [2.24, 2.45) is 0 Å². The lowest BCUT2D eigenvalue weighted by atomic mass is 10.1. The highest BCUT2D eigenvalue weighted by atomic mass is 16.5. The van der Waals surface area contributed by atoms with E-state index in [0.717, 1.165) is 5.56 Å². The minimum absolute atomic E-state index is 0.175. The first-order valence-electron chi connectivity index (χ1n) is 6.48. The van der Waals surface area contributed by atoms with Crippen molar-refractivity contribution in [3.05, 3.63) is 59.7 Å². The fourth-order valence-corrected chi connectivity index (χ4v) is 2.14. The summed E-state index contributed by atoms with van der Waals surface area (Å²) in [5.74, 6) is 0.453. The second-order valence-corrected chi connectivity index (χ2v) is 4.63. The zero-order valence-corrected chi connectivity index (χ0v) is 11.3. The van der Waals surface area contributed by atoms with Gasteiger partial charge in [0.05, 0.1) is 5.56 Å². The number of benzene rings is 2. The van der Waals surface area contributed by atoms with Crippen LogP contribution < -0.4 is 14.8 Å². The molecule has 1 atom stereocenters. The third kappa shape index (κ3) is 2.72. The maximum Gasteiger partial charge on any atom is 0.308 e. The van der Waals surface area contributed by atoms with Gasteiger partial charge in [0.2, 0.25) is 0 Å². The zero-order valence-electron chi connectivity index (χ0n) is 11.3. The molecular formula is C16H13NO4. The van der Waals surface area contributed by atoms with Crippen molar-refractivity contribution >= 4 is 11.9 Å². The van der Waals surface area contributed by atoms with E-state index in [-0.39, 0.29) is 11.9 Å². The average molecular weight is 283 g/mol. The first-order chi connectivity index (χ1) is 10.1. The molecule has 5 nitrogen and oxygen atoms in total. The molecule has 106 valence electrons. The number of fused-ring (bicyclic) bond motifs is 1. The van der Waals surface area contributed by atoms with Gasteiger partial charge in [0, 0.05) is 12.5 Å². The first kappa shape index (κ1) is 13.2. The van der Waals surface area contributed by atoms with Crippen LogP contribution in [0.2, 0.25) is 0 Å². The maximum absolute atomic E-state index is 12.0. The van der Waals surface area contributed by atoms with Gasteiger partial charge in [0.25, 0.3) is 5.91 Å². The van der Waals surface area contributed by atoms with E-state index >= 15 is 0 Å². The molecule has 1 aliphatic heterocycles. The number of hydrogen-bond acceptors (Lipinski definition) is 4. The molecule has 0 saturated heterocycles. The van der Waals surface area contributed by atoms with E-state index in [9.17, 15) is 9.59 Å². The molecule has 0 aromatic heterocycles. The third-order valence-corrected chi connectivity index (χ3v) is 3.08. The molecule has 0 unspecified atom stereocenters. The normalized spacial score (nSPS) is 16.4. The Balaban J connectivity index is 1.82. The van der Waals surface area contributed by atoms with Crippen LogP contribution in [0.5, 0.6) is 11.5 Å². The fourth-order valence-electron chi connectivity index (χ4n) is 2.14. The standard InChI is InChI=1S/C16H13NO4/c1-10(18)20-12-8-6-11(7-9-12)16-17-15(19)13-4-2-3-5-14(13)21-16/h2-9,16H,1H3,(H,17,19)/t16-/m0/s1. The number of amides is 1. The monoisotopic (exact) mass is 283 g/mol. The molecular weight excluding hydrogens is 270 g/mol. The van der Waals surface area contributed by atoms with Crippen LogP contribution in [-0.2, 0) is 4.79 Å². The van der Waals surface area contributed by atoms with Crippen LogP contribution in [-0.4, -0.2) is 11.9 Å². The summed E-state index contributed by atoms with van der Waals surface area (Å²) < 4.78 is 10.7. The van der Waals surface area contributed by atoms with E-state index in [1.807, 2.05) is 6.07 Å². The number of rotatable bonds is 2. The minimum Gasteiger partial charge on any atom is -0.466 e. The van der Waals surface area contributed by atoms with Gasteiger partial charge in [-0.25, -0.2) is 0 Å². The third-order valence-electron chi connectivity index (χ3n) is 3.08. The quantitative estimate of drug-likeness (QED) is 0.679. The summed E-state index contributed by atoms with van der Waals surface area (Å²) in [6.45, 7) is 1.34. The highest BCUT2D eigenvalue weighted by Gasteiger charge is 2.26. The molecule has 0 radical (unpaired) electrons. The van der Waals surface area contributed by atoms with E-state index in [0.29, 0.717) is 17.1 Å². The van der Waals surface area contributed by atoms with E-state index in [1.54, 1.807) is 42.5 Å². The molecule has 0 spiro atoms. The van der Waals surface area contributed by atoms with Crippen molar-refractivity contribution in [3.8, 4) is 11.5 Å². The highest BCUT2D eigenvalue weighted by molar-refractivity contribution is 5.97. The summed E-state index contributed by atoms with van der Waals surface area (Å²) in [5, 5.41) is 2.78. The molecule has 2 aromatic rings. The van der Waals surface area contributed by atoms with E-state index in [1.165, 1.54) is 6.92 Å². The van der Waals surface area contributed by atoms with Crippen LogP contribution in [0.15, 0.2) is 48.5 Å². The highest BCUT2D eigenvalue weighted by Crippen LogP contribution is 2.29. The van der Waals surface area contributed by atoms with Crippen LogP contribution in [0.1, 0.15) is 29.1 Å². The SMILES string of the molecule is CC(=O)Oc1ccc([C@H]2NC(=O)c3ccccc3O2)cc1. The Morgan fingerprint density at radius 3 is 2.57 bits per heavy atom. The van der Waals surface area contributed by atoms with Crippen LogP contribution in [0, 0.1) is 0 Å². The van der Waals surface area contributed by atoms with Gasteiger partial charge in [0.15, 0.2) is 6.23 Å². The van der Waals surface area contributed by atoms with Gasteiger partial charge in [-0.1, -0.05) is 12.1 Å². The summed E-state index contributed by atoms with van der Waals surface area (Å²) in [6, 6.07) is 13.9. The van der Waals surface area contributed by atoms with Gasteiger partial charge in [-0.05, 0) is 36.4 Å². The summed E-state index contributed by atoms with van der Waals surface area (Å²) in [4.78, 5) is 22.9. The van der Waals surface area contributed by atoms with Crippen molar-refractivity contribution in [3.63, 3.8) is 0 Å². The van der Waals surface area contributed by atoms with Gasteiger partial charge >= 0.3 is 5.97 Å². The lowest BCUT2D eigenvalue weighted by Crippen LogP contribution is -2.36. The Morgan fingerprint density at radius 1 is 1.14 bits per heavy atom. The number of ether oxygens (including phenoxy) is 2. The van der Waals surface area contributed by atoms with Crippen LogP contribution >= 0.6 is 0 Å². The second kappa shape index (κ2) is 5.28. The number of esters is 1. The predicted octanol–water partition coefficient (Wildman–Crippen LogP) is 2.43. The molecule has 3 rings (SSSR count). The second-order valence-electron chi connectivity index (χ2n) is 4.63. The van der Waals surface area contributed by atoms with Crippen molar-refractivity contribution in [2.75, 3.05) is 0 Å². The van der Waals surface area contributed by atoms with Gasteiger partial charge in [-0.15, -0.1) is 0 Å². The van der Waals surface area contributed by atoms with Gasteiger partial charge in [-0.2, -0.15) is 0 Å². The zero-order chi connectivity index (χ0) is 14.8. The summed E-state index contributed by atoms with van der Waals surface area (Å²) in [7, 11) is 0. The number of carbonyl (C=O) groups excluding carboxylic acids is 2. The van der Waals surface area contributed by atoms with Crippen molar-refractivity contribution in [1.29, 1.82) is 0 Å². The largest absolute Gasteiger partial charge is 0.466 e. The van der Waals surface area contributed by atoms with Crippen LogP contribution in [0.4, 0.5) is 0 Å². The summed E-state index contributed by atoms with van der Waals surface area (Å²) in [6.07, 6.45) is -0.557. The van der Waals surface area contributed by atoms with E-state index in [4.69, 9.17) is 9.47 Å². The van der Waals surface area contributed by atoms with E-state index < -0.39 is 6.23 Å². The molecule has 21 heavy (non-hydrogen) atoms. The predicted molar refractivity (Wildman–Crippen MR) is 75.0 cm³/mol. The first-order valence-corrected chi connectivity index (χ1v) is 6.48. The van der Waals surface area contributed by atoms with Gasteiger partial charge < -0.3 is 14.8 Å². The number of para-hydroxylation sites is 1. The molecule has 1 heterocycles. The number of carbonyl (C=O) groups is 2. The Bertz CT molecular complexity index is 694.